The summed E-state index contributed by atoms with van der Waals surface area (Å²) in [5, 5.41) is 12.2. The molecule has 0 aliphatic rings. The Morgan fingerprint density at radius 3 is 2.53 bits per heavy atom. The number of aliphatic hydroxyl groups is 1. The maximum absolute atomic E-state index is 9.01. The predicted molar refractivity (Wildman–Crippen MR) is 61.1 cm³/mol. The molecule has 84 valence electrons. The summed E-state index contributed by atoms with van der Waals surface area (Å²) < 4.78 is 5.50. The topological polar surface area (TPSA) is 41.5 Å². The Morgan fingerprint density at radius 2 is 1.93 bits per heavy atom. The number of hydrogen-bond acceptors (Lipinski definition) is 3. The first-order chi connectivity index (χ1) is 7.14. The van der Waals surface area contributed by atoms with Gasteiger partial charge in [0.25, 0.3) is 0 Å². The van der Waals surface area contributed by atoms with Gasteiger partial charge in [-0.05, 0) is 26.0 Å². The van der Waals surface area contributed by atoms with Gasteiger partial charge in [0.15, 0.2) is 0 Å². The monoisotopic (exact) mass is 209 g/mol. The summed E-state index contributed by atoms with van der Waals surface area (Å²) in [4.78, 5) is 0. The van der Waals surface area contributed by atoms with Gasteiger partial charge in [0.2, 0.25) is 0 Å². The normalized spacial score (nSPS) is 11.4. The minimum atomic E-state index is -0.236. The summed E-state index contributed by atoms with van der Waals surface area (Å²) in [5.74, 6) is 0.876. The predicted octanol–water partition coefficient (Wildman–Crippen LogP) is 1.43. The summed E-state index contributed by atoms with van der Waals surface area (Å²) in [7, 11) is 0. The second-order valence-electron chi connectivity index (χ2n) is 4.13. The largest absolute Gasteiger partial charge is 0.492 e. The van der Waals surface area contributed by atoms with Crippen LogP contribution in [0.5, 0.6) is 5.75 Å². The van der Waals surface area contributed by atoms with Crippen molar-refractivity contribution in [3.05, 3.63) is 30.3 Å². The molecular formula is C12H19NO2. The van der Waals surface area contributed by atoms with Crippen LogP contribution in [0, 0.1) is 0 Å². The van der Waals surface area contributed by atoms with Crippen LogP contribution >= 0.6 is 0 Å². The summed E-state index contributed by atoms with van der Waals surface area (Å²) in [6.07, 6.45) is 0. The second-order valence-corrected chi connectivity index (χ2v) is 4.13. The fraction of sp³-hybridized carbons (Fsp3) is 0.500. The average molecular weight is 209 g/mol. The van der Waals surface area contributed by atoms with Crippen LogP contribution in [0.3, 0.4) is 0 Å². The fourth-order valence-corrected chi connectivity index (χ4v) is 1.13. The molecule has 3 heteroatoms. The molecule has 0 radical (unpaired) electrons. The van der Waals surface area contributed by atoms with Crippen LogP contribution < -0.4 is 10.1 Å². The SMILES string of the molecule is CC(C)(CO)NCCOc1ccccc1. The van der Waals surface area contributed by atoms with Crippen molar-refractivity contribution in [3.63, 3.8) is 0 Å². The van der Waals surface area contributed by atoms with Crippen molar-refractivity contribution in [1.82, 2.24) is 5.32 Å². The third-order valence-electron chi connectivity index (χ3n) is 2.11. The van der Waals surface area contributed by atoms with Crippen molar-refractivity contribution in [2.45, 2.75) is 19.4 Å². The standard InChI is InChI=1S/C12H19NO2/c1-12(2,10-14)13-8-9-15-11-6-4-3-5-7-11/h3-7,13-14H,8-10H2,1-2H3. The van der Waals surface area contributed by atoms with Crippen LogP contribution in [-0.4, -0.2) is 30.4 Å². The van der Waals surface area contributed by atoms with E-state index in [4.69, 9.17) is 9.84 Å². The van der Waals surface area contributed by atoms with Gasteiger partial charge < -0.3 is 15.2 Å². The zero-order chi connectivity index (χ0) is 11.1. The molecule has 15 heavy (non-hydrogen) atoms. The maximum atomic E-state index is 9.01. The molecule has 0 aliphatic carbocycles. The van der Waals surface area contributed by atoms with Crippen LogP contribution in [0.2, 0.25) is 0 Å². The minimum Gasteiger partial charge on any atom is -0.492 e. The van der Waals surface area contributed by atoms with Crippen LogP contribution in [0.4, 0.5) is 0 Å². The summed E-state index contributed by atoms with van der Waals surface area (Å²) in [6.45, 7) is 5.36. The molecule has 2 N–H and O–H groups in total. The Kier molecular flexibility index (Phi) is 4.59. The van der Waals surface area contributed by atoms with Gasteiger partial charge >= 0.3 is 0 Å². The molecule has 1 aromatic rings. The highest BCUT2D eigenvalue weighted by Crippen LogP contribution is 2.07. The summed E-state index contributed by atoms with van der Waals surface area (Å²) in [6, 6.07) is 9.70. The van der Waals surface area contributed by atoms with Gasteiger partial charge in [0, 0.05) is 12.1 Å². The number of nitrogens with one attached hydrogen (secondary N) is 1. The molecule has 0 unspecified atom stereocenters. The van der Waals surface area contributed by atoms with Gasteiger partial charge in [0.05, 0.1) is 6.61 Å². The van der Waals surface area contributed by atoms with Gasteiger partial charge in [-0.3, -0.25) is 0 Å². The van der Waals surface area contributed by atoms with E-state index in [1.54, 1.807) is 0 Å². The summed E-state index contributed by atoms with van der Waals surface area (Å²) in [5.41, 5.74) is -0.236. The highest BCUT2D eigenvalue weighted by molar-refractivity contribution is 5.20. The Morgan fingerprint density at radius 1 is 1.27 bits per heavy atom. The molecule has 0 atom stereocenters. The van der Waals surface area contributed by atoms with E-state index in [0.29, 0.717) is 6.61 Å². The van der Waals surface area contributed by atoms with Crippen molar-refractivity contribution in [2.75, 3.05) is 19.8 Å². The molecule has 0 saturated heterocycles. The molecule has 0 aliphatic heterocycles. The number of benzene rings is 1. The molecule has 1 aromatic carbocycles. The third-order valence-corrected chi connectivity index (χ3v) is 2.11. The maximum Gasteiger partial charge on any atom is 0.119 e. The fourth-order valence-electron chi connectivity index (χ4n) is 1.13. The van der Waals surface area contributed by atoms with E-state index < -0.39 is 0 Å². The zero-order valence-corrected chi connectivity index (χ0v) is 9.36. The number of rotatable bonds is 6. The van der Waals surface area contributed by atoms with Crippen molar-refractivity contribution in [3.8, 4) is 5.75 Å². The Labute approximate surface area is 91.1 Å². The molecule has 0 spiro atoms. The van der Waals surface area contributed by atoms with E-state index in [1.165, 1.54) is 0 Å². The van der Waals surface area contributed by atoms with E-state index >= 15 is 0 Å². The van der Waals surface area contributed by atoms with Crippen molar-refractivity contribution in [2.24, 2.45) is 0 Å². The Bertz CT molecular complexity index is 272. The van der Waals surface area contributed by atoms with E-state index in [9.17, 15) is 0 Å². The van der Waals surface area contributed by atoms with Gasteiger partial charge in [-0.1, -0.05) is 18.2 Å². The first kappa shape index (κ1) is 12.0. The molecule has 0 saturated carbocycles. The lowest BCUT2D eigenvalue weighted by molar-refractivity contribution is 0.180. The third kappa shape index (κ3) is 4.81. The highest BCUT2D eigenvalue weighted by Gasteiger charge is 2.14. The van der Waals surface area contributed by atoms with E-state index in [0.717, 1.165) is 12.3 Å². The number of hydrogen-bond donors (Lipinski definition) is 2. The van der Waals surface area contributed by atoms with Crippen LogP contribution in [-0.2, 0) is 0 Å². The zero-order valence-electron chi connectivity index (χ0n) is 9.36. The van der Waals surface area contributed by atoms with Crippen molar-refractivity contribution >= 4 is 0 Å². The molecule has 0 heterocycles. The lowest BCUT2D eigenvalue weighted by Gasteiger charge is -2.23. The second kappa shape index (κ2) is 5.73. The lowest BCUT2D eigenvalue weighted by Crippen LogP contribution is -2.44. The van der Waals surface area contributed by atoms with Crippen LogP contribution in [0.25, 0.3) is 0 Å². The van der Waals surface area contributed by atoms with Crippen molar-refractivity contribution < 1.29 is 9.84 Å². The number of aliphatic hydroxyl groups excluding tert-OH is 1. The Hall–Kier alpha value is -1.06. The van der Waals surface area contributed by atoms with Gasteiger partial charge in [-0.15, -0.1) is 0 Å². The van der Waals surface area contributed by atoms with Gasteiger partial charge in [0.1, 0.15) is 12.4 Å². The van der Waals surface area contributed by atoms with Crippen LogP contribution in [0.15, 0.2) is 30.3 Å². The molecule has 0 amide bonds. The van der Waals surface area contributed by atoms with Gasteiger partial charge in [-0.2, -0.15) is 0 Å². The minimum absolute atomic E-state index is 0.123. The van der Waals surface area contributed by atoms with E-state index in [2.05, 4.69) is 5.32 Å². The Balaban J connectivity index is 2.18. The number of ether oxygens (including phenoxy) is 1. The van der Waals surface area contributed by atoms with Gasteiger partial charge in [-0.25, -0.2) is 0 Å². The van der Waals surface area contributed by atoms with Crippen molar-refractivity contribution in [1.29, 1.82) is 0 Å². The highest BCUT2D eigenvalue weighted by atomic mass is 16.5. The average Bonchev–Trinajstić information content (AvgIpc) is 2.26. The molecular weight excluding hydrogens is 190 g/mol. The molecule has 0 bridgehead atoms. The quantitative estimate of drug-likeness (QED) is 0.696. The first-order valence-corrected chi connectivity index (χ1v) is 5.18. The number of para-hydroxylation sites is 1. The smallest absolute Gasteiger partial charge is 0.119 e. The summed E-state index contributed by atoms with van der Waals surface area (Å²) >= 11 is 0. The van der Waals surface area contributed by atoms with E-state index in [1.807, 2.05) is 44.2 Å². The van der Waals surface area contributed by atoms with Crippen LogP contribution in [0.1, 0.15) is 13.8 Å². The molecule has 3 nitrogen and oxygen atoms in total. The first-order valence-electron chi connectivity index (χ1n) is 5.18. The molecule has 0 fully saturated rings. The van der Waals surface area contributed by atoms with E-state index in [-0.39, 0.29) is 12.1 Å². The lowest BCUT2D eigenvalue weighted by atomic mass is 10.1. The molecule has 1 rings (SSSR count). The molecule has 0 aromatic heterocycles.